The fraction of sp³-hybridized carbons (Fsp3) is 0.600. The molecule has 0 fully saturated rings. The highest BCUT2D eigenvalue weighted by atomic mass is 15.3. The summed E-state index contributed by atoms with van der Waals surface area (Å²) in [6.07, 6.45) is 6.74. The Labute approximate surface area is 120 Å². The first-order valence-electron chi connectivity index (χ1n) is 7.51. The van der Waals surface area contributed by atoms with Crippen molar-refractivity contribution in [2.24, 2.45) is 7.05 Å². The summed E-state index contributed by atoms with van der Waals surface area (Å²) in [6, 6.07) is 0. The fourth-order valence-corrected chi connectivity index (χ4v) is 3.10. The zero-order chi connectivity index (χ0) is 14.1. The van der Waals surface area contributed by atoms with Gasteiger partial charge in [0.15, 0.2) is 0 Å². The molecular weight excluding hydrogens is 250 g/mol. The van der Waals surface area contributed by atoms with E-state index in [1.165, 1.54) is 35.6 Å². The number of imidazole rings is 1. The summed E-state index contributed by atoms with van der Waals surface area (Å²) in [5.74, 6) is 1.17. The first-order chi connectivity index (χ1) is 9.72. The van der Waals surface area contributed by atoms with Crippen LogP contribution in [0.3, 0.4) is 0 Å². The van der Waals surface area contributed by atoms with E-state index in [2.05, 4.69) is 33.8 Å². The van der Waals surface area contributed by atoms with E-state index < -0.39 is 0 Å². The third-order valence-corrected chi connectivity index (χ3v) is 4.12. The molecule has 1 N–H and O–H groups in total. The van der Waals surface area contributed by atoms with Gasteiger partial charge >= 0.3 is 0 Å². The van der Waals surface area contributed by atoms with Gasteiger partial charge in [-0.15, -0.1) is 0 Å². The van der Waals surface area contributed by atoms with E-state index >= 15 is 0 Å². The quantitative estimate of drug-likeness (QED) is 0.925. The molecule has 2 aromatic heterocycles. The number of aromatic nitrogens is 4. The van der Waals surface area contributed by atoms with Crippen LogP contribution in [0.4, 0.5) is 0 Å². The number of rotatable bonds is 4. The smallest absolute Gasteiger partial charge is 0.140 e. The second kappa shape index (κ2) is 5.40. The highest BCUT2D eigenvalue weighted by Gasteiger charge is 2.21. The van der Waals surface area contributed by atoms with Crippen LogP contribution in [0.1, 0.15) is 42.4 Å². The van der Waals surface area contributed by atoms with Gasteiger partial charge < -0.3 is 5.32 Å². The SMILES string of the molecule is CCNCc1c(C)nn(C)c1-n1cnc2c1CCCC2. The van der Waals surface area contributed by atoms with Gasteiger partial charge in [-0.1, -0.05) is 6.92 Å². The highest BCUT2D eigenvalue weighted by molar-refractivity contribution is 5.41. The van der Waals surface area contributed by atoms with Crippen LogP contribution in [0.25, 0.3) is 5.82 Å². The summed E-state index contributed by atoms with van der Waals surface area (Å²) in [4.78, 5) is 4.61. The lowest BCUT2D eigenvalue weighted by Crippen LogP contribution is -2.16. The molecule has 0 saturated carbocycles. The summed E-state index contributed by atoms with van der Waals surface area (Å²) in [7, 11) is 2.02. The summed E-state index contributed by atoms with van der Waals surface area (Å²) in [5.41, 5.74) is 5.02. The van der Waals surface area contributed by atoms with Crippen LogP contribution in [-0.4, -0.2) is 25.9 Å². The first kappa shape index (κ1) is 13.4. The minimum absolute atomic E-state index is 0.860. The molecule has 0 aromatic carbocycles. The minimum Gasteiger partial charge on any atom is -0.313 e. The third-order valence-electron chi connectivity index (χ3n) is 4.12. The molecule has 0 saturated heterocycles. The van der Waals surface area contributed by atoms with Crippen LogP contribution in [-0.2, 0) is 26.4 Å². The van der Waals surface area contributed by atoms with Crippen molar-refractivity contribution in [2.45, 2.75) is 46.1 Å². The topological polar surface area (TPSA) is 47.7 Å². The largest absolute Gasteiger partial charge is 0.313 e. The molecule has 3 rings (SSSR count). The average molecular weight is 273 g/mol. The van der Waals surface area contributed by atoms with Gasteiger partial charge in [0.1, 0.15) is 12.1 Å². The van der Waals surface area contributed by atoms with Gasteiger partial charge in [0, 0.05) is 24.8 Å². The summed E-state index contributed by atoms with van der Waals surface area (Å²) >= 11 is 0. The molecule has 0 radical (unpaired) electrons. The van der Waals surface area contributed by atoms with Crippen LogP contribution in [0.5, 0.6) is 0 Å². The van der Waals surface area contributed by atoms with E-state index in [1.807, 2.05) is 18.1 Å². The Morgan fingerprint density at radius 1 is 1.30 bits per heavy atom. The molecule has 2 heterocycles. The molecule has 0 spiro atoms. The van der Waals surface area contributed by atoms with Crippen LogP contribution in [0.15, 0.2) is 6.33 Å². The van der Waals surface area contributed by atoms with E-state index in [0.717, 1.165) is 31.6 Å². The number of fused-ring (bicyclic) bond motifs is 1. The molecule has 0 bridgehead atoms. The van der Waals surface area contributed by atoms with E-state index in [9.17, 15) is 0 Å². The molecule has 5 nitrogen and oxygen atoms in total. The Morgan fingerprint density at radius 3 is 2.90 bits per heavy atom. The third kappa shape index (κ3) is 2.16. The lowest BCUT2D eigenvalue weighted by molar-refractivity contribution is 0.639. The molecule has 20 heavy (non-hydrogen) atoms. The van der Waals surface area contributed by atoms with E-state index in [1.54, 1.807) is 0 Å². The molecule has 1 aliphatic rings. The lowest BCUT2D eigenvalue weighted by atomic mass is 10.0. The van der Waals surface area contributed by atoms with Crippen LogP contribution < -0.4 is 5.32 Å². The van der Waals surface area contributed by atoms with Crippen molar-refractivity contribution in [1.82, 2.24) is 24.6 Å². The monoisotopic (exact) mass is 273 g/mol. The Morgan fingerprint density at radius 2 is 2.10 bits per heavy atom. The molecule has 0 unspecified atom stereocenters. The Balaban J connectivity index is 2.07. The molecule has 0 atom stereocenters. The molecular formula is C15H23N5. The zero-order valence-electron chi connectivity index (χ0n) is 12.6. The Hall–Kier alpha value is -1.62. The average Bonchev–Trinajstić information content (AvgIpc) is 2.97. The zero-order valence-corrected chi connectivity index (χ0v) is 12.6. The van der Waals surface area contributed by atoms with Gasteiger partial charge in [-0.25, -0.2) is 4.98 Å². The molecule has 0 aliphatic heterocycles. The van der Waals surface area contributed by atoms with Gasteiger partial charge in [-0.3, -0.25) is 9.25 Å². The predicted molar refractivity (Wildman–Crippen MR) is 79.1 cm³/mol. The van der Waals surface area contributed by atoms with Gasteiger partial charge in [0.05, 0.1) is 11.4 Å². The van der Waals surface area contributed by atoms with Gasteiger partial charge in [0.25, 0.3) is 0 Å². The number of hydrogen-bond acceptors (Lipinski definition) is 3. The van der Waals surface area contributed by atoms with Crippen molar-refractivity contribution >= 4 is 0 Å². The number of nitrogens with one attached hydrogen (secondary N) is 1. The van der Waals surface area contributed by atoms with Crippen LogP contribution in [0, 0.1) is 6.92 Å². The summed E-state index contributed by atoms with van der Waals surface area (Å²) in [5, 5.41) is 8.01. The fourth-order valence-electron chi connectivity index (χ4n) is 3.10. The predicted octanol–water partition coefficient (Wildman–Crippen LogP) is 1.90. The van der Waals surface area contributed by atoms with E-state index in [4.69, 9.17) is 0 Å². The second-order valence-corrected chi connectivity index (χ2v) is 5.51. The van der Waals surface area contributed by atoms with Crippen LogP contribution >= 0.6 is 0 Å². The van der Waals surface area contributed by atoms with Crippen molar-refractivity contribution < 1.29 is 0 Å². The molecule has 0 amide bonds. The summed E-state index contributed by atoms with van der Waals surface area (Å²) in [6.45, 7) is 6.04. The maximum Gasteiger partial charge on any atom is 0.140 e. The maximum atomic E-state index is 4.61. The van der Waals surface area contributed by atoms with E-state index in [-0.39, 0.29) is 0 Å². The van der Waals surface area contributed by atoms with Gasteiger partial charge in [-0.05, 0) is 39.2 Å². The number of nitrogens with zero attached hydrogens (tertiary/aromatic N) is 4. The van der Waals surface area contributed by atoms with Gasteiger partial charge in [0.2, 0.25) is 0 Å². The molecule has 108 valence electrons. The van der Waals surface area contributed by atoms with Crippen molar-refractivity contribution in [3.63, 3.8) is 0 Å². The van der Waals surface area contributed by atoms with Crippen molar-refractivity contribution in [3.8, 4) is 5.82 Å². The molecule has 2 aromatic rings. The van der Waals surface area contributed by atoms with Crippen molar-refractivity contribution in [2.75, 3.05) is 6.54 Å². The second-order valence-electron chi connectivity index (χ2n) is 5.51. The molecule has 1 aliphatic carbocycles. The lowest BCUT2D eigenvalue weighted by Gasteiger charge is -2.15. The van der Waals surface area contributed by atoms with Crippen molar-refractivity contribution in [1.29, 1.82) is 0 Å². The van der Waals surface area contributed by atoms with Gasteiger partial charge in [-0.2, -0.15) is 5.10 Å². The molecule has 5 heteroatoms. The van der Waals surface area contributed by atoms with E-state index in [0.29, 0.717) is 0 Å². The Bertz CT molecular complexity index is 608. The van der Waals surface area contributed by atoms with Crippen LogP contribution in [0.2, 0.25) is 0 Å². The Kier molecular flexibility index (Phi) is 3.61. The maximum absolute atomic E-state index is 4.61. The summed E-state index contributed by atoms with van der Waals surface area (Å²) < 4.78 is 4.24. The number of hydrogen-bond donors (Lipinski definition) is 1. The number of aryl methyl sites for hydroxylation is 3. The normalized spacial score (nSPS) is 14.6. The minimum atomic E-state index is 0.860. The van der Waals surface area contributed by atoms with Crippen molar-refractivity contribution in [3.05, 3.63) is 29.0 Å². The first-order valence-corrected chi connectivity index (χ1v) is 7.51. The highest BCUT2D eigenvalue weighted by Crippen LogP contribution is 2.25. The standard InChI is InChI=1S/C15H23N5/c1-4-16-9-12-11(2)18-19(3)15(12)20-10-17-13-7-5-6-8-14(13)20/h10,16H,4-9H2,1-3H3.